The molecule has 0 N–H and O–H groups in total. The number of ether oxygens (including phenoxy) is 1. The Morgan fingerprint density at radius 3 is 3.00 bits per heavy atom. The first-order chi connectivity index (χ1) is 6.35. The van der Waals surface area contributed by atoms with Crippen molar-refractivity contribution in [2.45, 2.75) is 18.8 Å². The minimum atomic E-state index is 0.743. The maximum Gasteiger partial charge on any atom is 0.119 e. The van der Waals surface area contributed by atoms with E-state index >= 15 is 0 Å². The second-order valence-corrected chi connectivity index (χ2v) is 3.67. The Kier molecular flexibility index (Phi) is 2.26. The lowest BCUT2D eigenvalue weighted by Crippen LogP contribution is -1.86. The fourth-order valence-corrected chi connectivity index (χ4v) is 1.85. The van der Waals surface area contributed by atoms with Gasteiger partial charge in [-0.2, -0.15) is 0 Å². The van der Waals surface area contributed by atoms with Crippen molar-refractivity contribution in [1.29, 1.82) is 0 Å². The summed E-state index contributed by atoms with van der Waals surface area (Å²) < 4.78 is 5.19. The minimum Gasteiger partial charge on any atom is -0.497 e. The fraction of sp³-hybridized carbons (Fsp3) is 0.417. The molecule has 1 aliphatic carbocycles. The summed E-state index contributed by atoms with van der Waals surface area (Å²) in [4.78, 5) is 0. The average Bonchev–Trinajstić information content (AvgIpc) is 2.97. The minimum absolute atomic E-state index is 0.743. The van der Waals surface area contributed by atoms with Crippen molar-refractivity contribution < 1.29 is 4.74 Å². The molecule has 2 unspecified atom stereocenters. The van der Waals surface area contributed by atoms with E-state index in [1.807, 2.05) is 6.07 Å². The standard InChI is InChI=1S/C12H15O/c1-3-9-8-12(9)10-5-4-6-11(7-10)13-2/h4-7,9,12H,1,3,8H2,2H3. The van der Waals surface area contributed by atoms with Gasteiger partial charge in [0.05, 0.1) is 7.11 Å². The van der Waals surface area contributed by atoms with Gasteiger partial charge < -0.3 is 4.74 Å². The summed E-state index contributed by atoms with van der Waals surface area (Å²) in [6, 6.07) is 8.38. The second kappa shape index (κ2) is 3.41. The molecular formula is C12H15O. The van der Waals surface area contributed by atoms with Gasteiger partial charge in [-0.15, -0.1) is 0 Å². The van der Waals surface area contributed by atoms with Crippen LogP contribution in [0, 0.1) is 12.8 Å². The normalized spacial score (nSPS) is 25.7. The van der Waals surface area contributed by atoms with Crippen molar-refractivity contribution in [3.05, 3.63) is 36.8 Å². The Labute approximate surface area is 79.7 Å². The van der Waals surface area contributed by atoms with Crippen LogP contribution < -0.4 is 4.74 Å². The zero-order chi connectivity index (χ0) is 9.26. The Hall–Kier alpha value is -0.980. The summed E-state index contributed by atoms with van der Waals surface area (Å²) >= 11 is 0. The van der Waals surface area contributed by atoms with Crippen molar-refractivity contribution in [3.63, 3.8) is 0 Å². The van der Waals surface area contributed by atoms with Gasteiger partial charge in [-0.05, 0) is 42.4 Å². The highest BCUT2D eigenvalue weighted by Gasteiger charge is 2.36. The summed E-state index contributed by atoms with van der Waals surface area (Å²) in [5.41, 5.74) is 1.41. The van der Waals surface area contributed by atoms with Gasteiger partial charge >= 0.3 is 0 Å². The Morgan fingerprint density at radius 1 is 1.54 bits per heavy atom. The van der Waals surface area contributed by atoms with Crippen molar-refractivity contribution in [2.24, 2.45) is 5.92 Å². The fourth-order valence-electron chi connectivity index (χ4n) is 1.85. The number of methoxy groups -OCH3 is 1. The first-order valence-corrected chi connectivity index (χ1v) is 4.78. The van der Waals surface area contributed by atoms with E-state index in [4.69, 9.17) is 4.74 Å². The molecule has 1 aliphatic rings. The number of hydrogen-bond donors (Lipinski definition) is 0. The molecule has 0 aliphatic heterocycles. The van der Waals surface area contributed by atoms with E-state index in [2.05, 4.69) is 25.1 Å². The molecule has 0 bridgehead atoms. The van der Waals surface area contributed by atoms with Crippen LogP contribution >= 0.6 is 0 Å². The summed E-state index contributed by atoms with van der Waals surface area (Å²) in [5, 5.41) is 0. The second-order valence-electron chi connectivity index (χ2n) is 3.67. The summed E-state index contributed by atoms with van der Waals surface area (Å²) in [6.07, 6.45) is 2.36. The predicted molar refractivity (Wildman–Crippen MR) is 53.8 cm³/mol. The van der Waals surface area contributed by atoms with Crippen molar-refractivity contribution in [1.82, 2.24) is 0 Å². The van der Waals surface area contributed by atoms with Gasteiger partial charge in [-0.1, -0.05) is 19.1 Å². The molecule has 1 saturated carbocycles. The lowest BCUT2D eigenvalue weighted by atomic mass is 10.1. The molecule has 0 spiro atoms. The zero-order valence-corrected chi connectivity index (χ0v) is 7.99. The molecule has 2 rings (SSSR count). The molecule has 0 saturated heterocycles. The maximum absolute atomic E-state index is 5.19. The predicted octanol–water partition coefficient (Wildman–Crippen LogP) is 3.02. The third kappa shape index (κ3) is 1.69. The van der Waals surface area contributed by atoms with Gasteiger partial charge in [0.15, 0.2) is 0 Å². The Bertz CT molecular complexity index is 293. The molecule has 1 radical (unpaired) electrons. The lowest BCUT2D eigenvalue weighted by Gasteiger charge is -2.02. The van der Waals surface area contributed by atoms with Crippen LogP contribution in [0.3, 0.4) is 0 Å². The van der Waals surface area contributed by atoms with Crippen LogP contribution in [0.1, 0.15) is 24.3 Å². The molecule has 0 aromatic heterocycles. The average molecular weight is 175 g/mol. The van der Waals surface area contributed by atoms with E-state index in [1.165, 1.54) is 12.0 Å². The molecular weight excluding hydrogens is 160 g/mol. The first-order valence-electron chi connectivity index (χ1n) is 4.78. The van der Waals surface area contributed by atoms with E-state index in [9.17, 15) is 0 Å². The van der Waals surface area contributed by atoms with Crippen LogP contribution in [-0.4, -0.2) is 7.11 Å². The largest absolute Gasteiger partial charge is 0.497 e. The maximum atomic E-state index is 5.19. The molecule has 69 valence electrons. The SMILES string of the molecule is [CH2]CC1CC1c1cccc(OC)c1. The molecule has 1 fully saturated rings. The van der Waals surface area contributed by atoms with E-state index in [1.54, 1.807) is 7.11 Å². The Balaban J connectivity index is 2.13. The van der Waals surface area contributed by atoms with Crippen molar-refractivity contribution in [2.75, 3.05) is 7.11 Å². The topological polar surface area (TPSA) is 9.23 Å². The number of benzene rings is 1. The molecule has 13 heavy (non-hydrogen) atoms. The van der Waals surface area contributed by atoms with Gasteiger partial charge in [-0.25, -0.2) is 0 Å². The summed E-state index contributed by atoms with van der Waals surface area (Å²) in [7, 11) is 1.71. The molecule has 1 aromatic carbocycles. The van der Waals surface area contributed by atoms with Gasteiger partial charge in [0, 0.05) is 0 Å². The van der Waals surface area contributed by atoms with E-state index in [0.29, 0.717) is 0 Å². The van der Waals surface area contributed by atoms with Crippen LogP contribution in [-0.2, 0) is 0 Å². The van der Waals surface area contributed by atoms with E-state index in [-0.39, 0.29) is 0 Å². The molecule has 1 aromatic rings. The van der Waals surface area contributed by atoms with Crippen LogP contribution in [0.4, 0.5) is 0 Å². The lowest BCUT2D eigenvalue weighted by molar-refractivity contribution is 0.414. The zero-order valence-electron chi connectivity index (χ0n) is 7.99. The number of hydrogen-bond acceptors (Lipinski definition) is 1. The third-order valence-electron chi connectivity index (χ3n) is 2.82. The number of rotatable bonds is 3. The monoisotopic (exact) mass is 175 g/mol. The van der Waals surface area contributed by atoms with Gasteiger partial charge in [0.25, 0.3) is 0 Å². The van der Waals surface area contributed by atoms with Crippen LogP contribution in [0.5, 0.6) is 5.75 Å². The van der Waals surface area contributed by atoms with Crippen LogP contribution in [0.2, 0.25) is 0 Å². The Morgan fingerprint density at radius 2 is 2.38 bits per heavy atom. The molecule has 0 amide bonds. The van der Waals surface area contributed by atoms with Crippen LogP contribution in [0.15, 0.2) is 24.3 Å². The quantitative estimate of drug-likeness (QED) is 0.686. The van der Waals surface area contributed by atoms with E-state index in [0.717, 1.165) is 24.0 Å². The highest BCUT2D eigenvalue weighted by molar-refractivity contribution is 5.33. The first kappa shape index (κ1) is 8.61. The van der Waals surface area contributed by atoms with Crippen LogP contribution in [0.25, 0.3) is 0 Å². The van der Waals surface area contributed by atoms with Crippen molar-refractivity contribution in [3.8, 4) is 5.75 Å². The highest BCUT2D eigenvalue weighted by Crippen LogP contribution is 2.49. The molecule has 1 heteroatoms. The van der Waals surface area contributed by atoms with Gasteiger partial charge in [0.2, 0.25) is 0 Å². The van der Waals surface area contributed by atoms with E-state index < -0.39 is 0 Å². The third-order valence-corrected chi connectivity index (χ3v) is 2.82. The van der Waals surface area contributed by atoms with Gasteiger partial charge in [-0.3, -0.25) is 0 Å². The summed E-state index contributed by atoms with van der Waals surface area (Å²) in [5.74, 6) is 2.52. The molecule has 1 nitrogen and oxygen atoms in total. The summed E-state index contributed by atoms with van der Waals surface area (Å²) in [6.45, 7) is 3.93. The van der Waals surface area contributed by atoms with Gasteiger partial charge in [0.1, 0.15) is 5.75 Å². The smallest absolute Gasteiger partial charge is 0.119 e. The highest BCUT2D eigenvalue weighted by atomic mass is 16.5. The molecule has 0 heterocycles. The van der Waals surface area contributed by atoms with Crippen molar-refractivity contribution >= 4 is 0 Å². The molecule has 2 atom stereocenters.